The summed E-state index contributed by atoms with van der Waals surface area (Å²) >= 11 is 0. The Labute approximate surface area is 184 Å². The van der Waals surface area contributed by atoms with Gasteiger partial charge in [-0.25, -0.2) is 4.99 Å². The fourth-order valence-electron chi connectivity index (χ4n) is 4.21. The van der Waals surface area contributed by atoms with E-state index in [0.29, 0.717) is 37.0 Å². The van der Waals surface area contributed by atoms with Crippen molar-refractivity contribution in [2.45, 2.75) is 32.0 Å². The highest BCUT2D eigenvalue weighted by Crippen LogP contribution is 2.26. The van der Waals surface area contributed by atoms with Crippen LogP contribution >= 0.6 is 0 Å². The second kappa shape index (κ2) is 8.47. The first-order chi connectivity index (χ1) is 15.6. The summed E-state index contributed by atoms with van der Waals surface area (Å²) in [5, 5.41) is 6.83. The van der Waals surface area contributed by atoms with Crippen molar-refractivity contribution in [1.29, 1.82) is 0 Å². The Hall–Kier alpha value is -3.65. The molecular weight excluding hydrogens is 406 g/mol. The molecule has 1 atom stereocenters. The van der Waals surface area contributed by atoms with Crippen molar-refractivity contribution < 1.29 is 9.53 Å². The van der Waals surface area contributed by atoms with Gasteiger partial charge in [0.25, 0.3) is 5.56 Å². The van der Waals surface area contributed by atoms with Crippen LogP contribution in [0.1, 0.15) is 35.7 Å². The Bertz CT molecular complexity index is 1340. The van der Waals surface area contributed by atoms with E-state index in [2.05, 4.69) is 39.3 Å². The van der Waals surface area contributed by atoms with Crippen LogP contribution in [0.25, 0.3) is 6.58 Å². The Morgan fingerprint density at radius 2 is 2.12 bits per heavy atom. The SMILES string of the molecule is C=c1c(=O)[nH]c2n1Cc1cc(OCCCC(=O)NC3NCCc4ccccc43)ccc1N=2. The Kier molecular flexibility index (Phi) is 5.36. The van der Waals surface area contributed by atoms with Gasteiger partial charge in [-0.15, -0.1) is 0 Å². The highest BCUT2D eigenvalue weighted by atomic mass is 16.5. The average molecular weight is 431 g/mol. The number of imidazole rings is 1. The van der Waals surface area contributed by atoms with Crippen LogP contribution in [-0.4, -0.2) is 28.6 Å². The van der Waals surface area contributed by atoms with Gasteiger partial charge in [0.15, 0.2) is 0 Å². The van der Waals surface area contributed by atoms with Crippen LogP contribution in [0.2, 0.25) is 0 Å². The van der Waals surface area contributed by atoms with E-state index in [1.165, 1.54) is 5.56 Å². The van der Waals surface area contributed by atoms with Gasteiger partial charge < -0.3 is 14.6 Å². The van der Waals surface area contributed by atoms with Gasteiger partial charge in [-0.2, -0.15) is 0 Å². The molecule has 0 saturated heterocycles. The summed E-state index contributed by atoms with van der Waals surface area (Å²) in [6.45, 7) is 5.61. The molecule has 0 aliphatic carbocycles. The fraction of sp³-hybridized carbons (Fsp3) is 0.292. The predicted molar refractivity (Wildman–Crippen MR) is 120 cm³/mol. The van der Waals surface area contributed by atoms with Gasteiger partial charge in [-0.3, -0.25) is 19.9 Å². The number of aromatic nitrogens is 2. The number of benzene rings is 2. The van der Waals surface area contributed by atoms with Gasteiger partial charge in [0.1, 0.15) is 17.3 Å². The predicted octanol–water partition coefficient (Wildman–Crippen LogP) is 1.02. The summed E-state index contributed by atoms with van der Waals surface area (Å²) in [6.07, 6.45) is 1.84. The van der Waals surface area contributed by atoms with Gasteiger partial charge in [0.05, 0.1) is 18.8 Å². The van der Waals surface area contributed by atoms with E-state index in [0.717, 1.165) is 35.5 Å². The summed E-state index contributed by atoms with van der Waals surface area (Å²) in [5.74, 6) is 0.717. The van der Waals surface area contributed by atoms with E-state index in [-0.39, 0.29) is 17.6 Å². The van der Waals surface area contributed by atoms with Crippen molar-refractivity contribution in [2.75, 3.05) is 13.2 Å². The number of rotatable bonds is 6. The summed E-state index contributed by atoms with van der Waals surface area (Å²) in [5.41, 5.74) is 4.48. The van der Waals surface area contributed by atoms with Gasteiger partial charge in [-0.05, 0) is 42.2 Å². The van der Waals surface area contributed by atoms with Gasteiger partial charge in [-0.1, -0.05) is 30.8 Å². The Balaban J connectivity index is 1.14. The molecule has 5 rings (SSSR count). The molecule has 3 heterocycles. The van der Waals surface area contributed by atoms with E-state index in [4.69, 9.17) is 4.74 Å². The largest absolute Gasteiger partial charge is 0.494 e. The van der Waals surface area contributed by atoms with Crippen LogP contribution in [0.15, 0.2) is 52.3 Å². The number of hydrogen-bond donors (Lipinski definition) is 3. The molecular formula is C24H25N5O3. The van der Waals surface area contributed by atoms with Crippen molar-refractivity contribution in [1.82, 2.24) is 20.2 Å². The number of ether oxygens (including phenoxy) is 1. The summed E-state index contributed by atoms with van der Waals surface area (Å²) in [6, 6.07) is 13.9. The standard InChI is InChI=1S/C24H25N5O3/c1-15-23(31)28-24-26-20-9-8-18(13-17(20)14-29(15)24)32-12-4-7-21(30)27-22-19-6-3-2-5-16(19)10-11-25-22/h2-3,5-6,8-9,13,22,25H,1,4,7,10-12,14H2,(H,27,30)(H,26,28,31). The number of carbonyl (C=O) groups excluding carboxylic acids is 1. The van der Waals surface area contributed by atoms with Crippen LogP contribution in [-0.2, 0) is 17.8 Å². The van der Waals surface area contributed by atoms with E-state index < -0.39 is 0 Å². The summed E-state index contributed by atoms with van der Waals surface area (Å²) < 4.78 is 7.62. The molecule has 2 aliphatic heterocycles. The molecule has 0 bridgehead atoms. The average Bonchev–Trinajstić information content (AvgIpc) is 3.08. The lowest BCUT2D eigenvalue weighted by molar-refractivity contribution is -0.122. The van der Waals surface area contributed by atoms with E-state index >= 15 is 0 Å². The molecule has 8 nitrogen and oxygen atoms in total. The van der Waals surface area contributed by atoms with Crippen LogP contribution in [0.5, 0.6) is 5.75 Å². The van der Waals surface area contributed by atoms with Crippen LogP contribution in [0.4, 0.5) is 5.69 Å². The number of fused-ring (bicyclic) bond motifs is 3. The fourth-order valence-corrected chi connectivity index (χ4v) is 4.21. The maximum Gasteiger partial charge on any atom is 0.274 e. The third-order valence-corrected chi connectivity index (χ3v) is 5.91. The zero-order valence-electron chi connectivity index (χ0n) is 17.7. The van der Waals surface area contributed by atoms with Crippen LogP contribution < -0.4 is 31.9 Å². The Morgan fingerprint density at radius 3 is 3.03 bits per heavy atom. The zero-order chi connectivity index (χ0) is 22.1. The molecule has 3 N–H and O–H groups in total. The van der Waals surface area contributed by atoms with E-state index in [1.807, 2.05) is 30.3 Å². The number of amides is 1. The Morgan fingerprint density at radius 1 is 1.25 bits per heavy atom. The molecule has 0 spiro atoms. The molecule has 0 saturated carbocycles. The first-order valence-corrected chi connectivity index (χ1v) is 10.8. The normalized spacial score (nSPS) is 16.3. The quantitative estimate of drug-likeness (QED) is 0.397. The molecule has 8 heteroatoms. The van der Waals surface area contributed by atoms with Crippen LogP contribution in [0.3, 0.4) is 0 Å². The van der Waals surface area contributed by atoms with Gasteiger partial charge in [0, 0.05) is 18.5 Å². The summed E-state index contributed by atoms with van der Waals surface area (Å²) in [4.78, 5) is 31.4. The molecule has 2 aromatic carbocycles. The summed E-state index contributed by atoms with van der Waals surface area (Å²) in [7, 11) is 0. The highest BCUT2D eigenvalue weighted by molar-refractivity contribution is 5.76. The number of carbonyl (C=O) groups is 1. The zero-order valence-corrected chi connectivity index (χ0v) is 17.7. The molecule has 0 fully saturated rings. The lowest BCUT2D eigenvalue weighted by Gasteiger charge is -2.27. The molecule has 0 radical (unpaired) electrons. The monoisotopic (exact) mass is 431 g/mol. The van der Waals surface area contributed by atoms with Gasteiger partial charge >= 0.3 is 0 Å². The van der Waals surface area contributed by atoms with Crippen molar-refractivity contribution in [3.8, 4) is 5.75 Å². The van der Waals surface area contributed by atoms with Crippen molar-refractivity contribution in [3.05, 3.63) is 80.5 Å². The molecule has 32 heavy (non-hydrogen) atoms. The lowest BCUT2D eigenvalue weighted by atomic mass is 9.98. The number of aromatic amines is 1. The molecule has 164 valence electrons. The first kappa shape index (κ1) is 20.3. The maximum atomic E-state index is 12.4. The number of H-pyrrole nitrogens is 1. The smallest absolute Gasteiger partial charge is 0.274 e. The maximum absolute atomic E-state index is 12.4. The van der Waals surface area contributed by atoms with E-state index in [9.17, 15) is 9.59 Å². The molecule has 1 unspecified atom stereocenters. The van der Waals surface area contributed by atoms with E-state index in [1.54, 1.807) is 4.57 Å². The van der Waals surface area contributed by atoms with Crippen LogP contribution in [0, 0.1) is 0 Å². The highest BCUT2D eigenvalue weighted by Gasteiger charge is 2.20. The number of hydrogen-bond acceptors (Lipinski definition) is 5. The third kappa shape index (κ3) is 3.97. The minimum Gasteiger partial charge on any atom is -0.494 e. The van der Waals surface area contributed by atoms with Crippen molar-refractivity contribution >= 4 is 18.2 Å². The second-order valence-electron chi connectivity index (χ2n) is 8.07. The number of nitrogens with one attached hydrogen (secondary N) is 3. The molecule has 1 aromatic heterocycles. The molecule has 1 amide bonds. The minimum absolute atomic E-state index is 0.000163. The third-order valence-electron chi connectivity index (χ3n) is 5.91. The number of nitrogens with zero attached hydrogens (tertiary/aromatic N) is 2. The molecule has 3 aromatic rings. The molecule has 2 aliphatic rings. The second-order valence-corrected chi connectivity index (χ2v) is 8.07. The first-order valence-electron chi connectivity index (χ1n) is 10.8. The van der Waals surface area contributed by atoms with Gasteiger partial charge in [0.2, 0.25) is 11.5 Å². The minimum atomic E-state index is -0.224. The van der Waals surface area contributed by atoms with Crippen molar-refractivity contribution in [2.24, 2.45) is 4.99 Å². The lowest BCUT2D eigenvalue weighted by Crippen LogP contribution is -2.42. The topological polar surface area (TPSA) is 101 Å². The van der Waals surface area contributed by atoms with Crippen molar-refractivity contribution in [3.63, 3.8) is 0 Å².